The maximum absolute atomic E-state index is 14.3. The molecule has 1 aliphatic heterocycles. The van der Waals surface area contributed by atoms with Crippen LogP contribution in [0.4, 0.5) is 13.6 Å². The zero-order valence-electron chi connectivity index (χ0n) is 30.8. The molecule has 1 saturated heterocycles. The normalized spacial score (nSPS) is 16.0. The Kier molecular flexibility index (Phi) is 12.3. The van der Waals surface area contributed by atoms with Crippen molar-refractivity contribution in [3.05, 3.63) is 83.9 Å². The van der Waals surface area contributed by atoms with Crippen LogP contribution in [0.1, 0.15) is 77.4 Å². The number of nitrogens with one attached hydrogen (secondary N) is 1. The van der Waals surface area contributed by atoms with Gasteiger partial charge in [-0.25, -0.2) is 18.6 Å². The summed E-state index contributed by atoms with van der Waals surface area (Å²) < 4.78 is 34.2. The van der Waals surface area contributed by atoms with Gasteiger partial charge in [-0.1, -0.05) is 32.9 Å². The number of halogens is 2. The molecule has 4 rings (SSSR count). The number of imidazole rings is 1. The van der Waals surface area contributed by atoms with Crippen LogP contribution in [-0.4, -0.2) is 98.5 Å². The second-order valence-electron chi connectivity index (χ2n) is 15.2. The lowest BCUT2D eigenvalue weighted by Gasteiger charge is -2.38. The lowest BCUT2D eigenvalue weighted by molar-refractivity contribution is -0.141. The minimum Gasteiger partial charge on any atom is -0.444 e. The van der Waals surface area contributed by atoms with Gasteiger partial charge in [-0.3, -0.25) is 19.3 Å². The summed E-state index contributed by atoms with van der Waals surface area (Å²) >= 11 is 0. The van der Waals surface area contributed by atoms with Crippen molar-refractivity contribution in [2.45, 2.75) is 91.5 Å². The molecule has 0 radical (unpaired) electrons. The maximum Gasteiger partial charge on any atom is 0.410 e. The molecule has 3 aromatic rings. The first-order valence-electron chi connectivity index (χ1n) is 17.2. The van der Waals surface area contributed by atoms with E-state index in [0.29, 0.717) is 31.5 Å². The molecule has 0 spiro atoms. The van der Waals surface area contributed by atoms with E-state index in [-0.39, 0.29) is 48.3 Å². The third kappa shape index (κ3) is 10.4. The van der Waals surface area contributed by atoms with Crippen LogP contribution < -0.4 is 5.32 Å². The number of aromatic nitrogens is 2. The van der Waals surface area contributed by atoms with Gasteiger partial charge in [0.1, 0.15) is 41.3 Å². The van der Waals surface area contributed by atoms with Gasteiger partial charge in [0.25, 0.3) is 5.91 Å². The van der Waals surface area contributed by atoms with Crippen molar-refractivity contribution in [2.24, 2.45) is 5.41 Å². The molecule has 2 aromatic carbocycles. The first-order chi connectivity index (χ1) is 23.8. The Morgan fingerprint density at radius 2 is 1.59 bits per heavy atom. The molecule has 0 aliphatic carbocycles. The average Bonchev–Trinajstić information content (AvgIpc) is 3.74. The van der Waals surface area contributed by atoms with Gasteiger partial charge in [-0.05, 0) is 94.3 Å². The van der Waals surface area contributed by atoms with Gasteiger partial charge in [-0.15, -0.1) is 0 Å². The molecule has 2 heterocycles. The molecule has 1 N–H and O–H groups in total. The average molecular weight is 709 g/mol. The number of hydrogen-bond donors (Lipinski definition) is 1. The van der Waals surface area contributed by atoms with Crippen molar-refractivity contribution in [2.75, 3.05) is 26.7 Å². The van der Waals surface area contributed by atoms with Crippen molar-refractivity contribution in [1.29, 1.82) is 0 Å². The summed E-state index contributed by atoms with van der Waals surface area (Å²) in [4.78, 5) is 63.4. The van der Waals surface area contributed by atoms with Crippen LogP contribution in [0.2, 0.25) is 0 Å². The Hall–Kier alpha value is -4.81. The van der Waals surface area contributed by atoms with E-state index in [4.69, 9.17) is 4.74 Å². The quantitative estimate of drug-likeness (QED) is 0.277. The minimum atomic E-state index is -0.921. The predicted molar refractivity (Wildman–Crippen MR) is 189 cm³/mol. The second kappa shape index (κ2) is 16.0. The molecule has 1 aromatic heterocycles. The Morgan fingerprint density at radius 1 is 0.980 bits per heavy atom. The second-order valence-corrected chi connectivity index (χ2v) is 15.2. The summed E-state index contributed by atoms with van der Waals surface area (Å²) in [5, 5.41) is 2.90. The number of carbonyl (C=O) groups excluding carboxylic acids is 4. The summed E-state index contributed by atoms with van der Waals surface area (Å²) in [6.07, 6.45) is 4.20. The number of benzene rings is 2. The Labute approximate surface area is 298 Å². The topological polar surface area (TPSA) is 117 Å². The van der Waals surface area contributed by atoms with E-state index in [9.17, 15) is 28.0 Å². The molecule has 1 aliphatic rings. The van der Waals surface area contributed by atoms with Crippen LogP contribution in [0, 0.1) is 17.0 Å². The van der Waals surface area contributed by atoms with Crippen LogP contribution in [0.5, 0.6) is 0 Å². The van der Waals surface area contributed by atoms with Gasteiger partial charge in [0.15, 0.2) is 0 Å². The first-order valence-corrected chi connectivity index (χ1v) is 17.2. The monoisotopic (exact) mass is 708 g/mol. The highest BCUT2D eigenvalue weighted by molar-refractivity contribution is 5.93. The van der Waals surface area contributed by atoms with Gasteiger partial charge in [-0.2, -0.15) is 0 Å². The molecular weight excluding hydrogens is 658 g/mol. The number of carbonyl (C=O) groups is 4. The van der Waals surface area contributed by atoms with Crippen LogP contribution in [0.3, 0.4) is 0 Å². The number of nitrogens with zero attached hydrogens (tertiary/aromatic N) is 5. The lowest BCUT2D eigenvalue weighted by Crippen LogP contribution is -2.59. The van der Waals surface area contributed by atoms with Gasteiger partial charge in [0, 0.05) is 44.6 Å². The Balaban J connectivity index is 1.54. The molecule has 4 amide bonds. The van der Waals surface area contributed by atoms with Crippen molar-refractivity contribution in [3.63, 3.8) is 0 Å². The molecule has 0 saturated carbocycles. The molecule has 51 heavy (non-hydrogen) atoms. The van der Waals surface area contributed by atoms with E-state index >= 15 is 0 Å². The fourth-order valence-corrected chi connectivity index (χ4v) is 5.86. The van der Waals surface area contributed by atoms with Gasteiger partial charge in [0.05, 0.1) is 0 Å². The lowest BCUT2D eigenvalue weighted by atomic mass is 9.85. The van der Waals surface area contributed by atoms with E-state index in [0.717, 1.165) is 5.56 Å². The summed E-state index contributed by atoms with van der Waals surface area (Å²) in [6.45, 7) is 13.3. The largest absolute Gasteiger partial charge is 0.444 e. The van der Waals surface area contributed by atoms with Crippen molar-refractivity contribution in [1.82, 2.24) is 29.6 Å². The third-order valence-electron chi connectivity index (χ3n) is 8.93. The molecule has 3 atom stereocenters. The van der Waals surface area contributed by atoms with E-state index in [2.05, 4.69) is 10.3 Å². The number of ether oxygens (including phenoxy) is 1. The summed E-state index contributed by atoms with van der Waals surface area (Å²) in [7, 11) is 1.48. The van der Waals surface area contributed by atoms with Gasteiger partial charge < -0.3 is 24.4 Å². The fraction of sp³-hybridized carbons (Fsp3) is 0.500. The highest BCUT2D eigenvalue weighted by Gasteiger charge is 2.41. The number of amides is 4. The van der Waals surface area contributed by atoms with Crippen molar-refractivity contribution in [3.8, 4) is 5.69 Å². The number of rotatable bonds is 11. The van der Waals surface area contributed by atoms with E-state index < -0.39 is 35.1 Å². The maximum atomic E-state index is 14.3. The van der Waals surface area contributed by atoms with Gasteiger partial charge in [0.2, 0.25) is 11.8 Å². The molecule has 11 nitrogen and oxygen atoms in total. The minimum absolute atomic E-state index is 0.178. The zero-order chi connectivity index (χ0) is 37.7. The highest BCUT2D eigenvalue weighted by Crippen LogP contribution is 2.27. The molecule has 1 fully saturated rings. The standard InChI is InChI=1S/C38H50F2N6O5/c1-25(43(8)36(50)51-38(5,6)7)33(47)42-32(37(2,3)4)35(49)46-20-9-10-30(46)22-44(21-19-26-11-13-27(39)14-12-26)34(48)31-23-45(24-41-31)29-17-15-28(40)16-18-29/h11-18,23-25,30,32H,9-10,19-22H2,1-8H3,(H,42,47)/t25-,30-,32+/m0/s1. The SMILES string of the molecule is C[C@@H](C(=O)N[C@H](C(=O)N1CCC[C@H]1CN(CCc1ccc(F)cc1)C(=O)c1cn(-c2ccc(F)cc2)cn1)C(C)(C)C)N(C)C(=O)OC(C)(C)C. The number of hydrogen-bond acceptors (Lipinski definition) is 6. The Bertz CT molecular complexity index is 1680. The molecule has 0 bridgehead atoms. The first kappa shape index (κ1) is 39.0. The summed E-state index contributed by atoms with van der Waals surface area (Å²) in [5.74, 6) is -1.87. The molecule has 0 unspecified atom stereocenters. The number of likely N-dealkylation sites (N-methyl/N-ethyl adjacent to an activating group) is 1. The van der Waals surface area contributed by atoms with E-state index in [1.807, 2.05) is 20.8 Å². The van der Waals surface area contributed by atoms with Crippen LogP contribution >= 0.6 is 0 Å². The van der Waals surface area contributed by atoms with Crippen LogP contribution in [-0.2, 0) is 20.7 Å². The zero-order valence-corrected chi connectivity index (χ0v) is 30.8. The summed E-state index contributed by atoms with van der Waals surface area (Å²) in [6, 6.07) is 9.71. The molecular formula is C38H50F2N6O5. The van der Waals surface area contributed by atoms with Crippen LogP contribution in [0.25, 0.3) is 5.69 Å². The van der Waals surface area contributed by atoms with E-state index in [1.54, 1.807) is 72.5 Å². The highest BCUT2D eigenvalue weighted by atomic mass is 19.1. The number of likely N-dealkylation sites (tertiary alicyclic amines) is 1. The summed E-state index contributed by atoms with van der Waals surface area (Å²) in [5.41, 5.74) is 0.224. The van der Waals surface area contributed by atoms with E-state index in [1.165, 1.54) is 42.5 Å². The fourth-order valence-electron chi connectivity index (χ4n) is 5.86. The smallest absolute Gasteiger partial charge is 0.410 e. The Morgan fingerprint density at radius 3 is 2.18 bits per heavy atom. The molecule has 276 valence electrons. The van der Waals surface area contributed by atoms with Crippen molar-refractivity contribution >= 4 is 23.8 Å². The third-order valence-corrected chi connectivity index (χ3v) is 8.93. The predicted octanol–water partition coefficient (Wildman–Crippen LogP) is 5.61. The molecule has 13 heteroatoms. The van der Waals surface area contributed by atoms with Gasteiger partial charge >= 0.3 is 6.09 Å². The van der Waals surface area contributed by atoms with Crippen LogP contribution in [0.15, 0.2) is 61.1 Å². The van der Waals surface area contributed by atoms with Crippen molar-refractivity contribution < 1.29 is 32.7 Å².